The van der Waals surface area contributed by atoms with Gasteiger partial charge in [0, 0.05) is 26.1 Å². The van der Waals surface area contributed by atoms with Gasteiger partial charge in [-0.1, -0.05) is 0 Å². The van der Waals surface area contributed by atoms with E-state index >= 15 is 0 Å². The average molecular weight is 374 g/mol. The lowest BCUT2D eigenvalue weighted by atomic mass is 10.2. The molecule has 3 heterocycles. The van der Waals surface area contributed by atoms with Crippen molar-refractivity contribution >= 4 is 11.8 Å². The van der Waals surface area contributed by atoms with E-state index in [0.717, 1.165) is 0 Å². The van der Waals surface area contributed by atoms with Gasteiger partial charge in [-0.2, -0.15) is 0 Å². The highest BCUT2D eigenvalue weighted by molar-refractivity contribution is 5.95. The summed E-state index contributed by atoms with van der Waals surface area (Å²) in [6, 6.07) is 5.25. The van der Waals surface area contributed by atoms with Crippen molar-refractivity contribution in [2.24, 2.45) is 0 Å². The van der Waals surface area contributed by atoms with Crippen molar-refractivity contribution in [2.45, 2.75) is 45.9 Å². The zero-order valence-corrected chi connectivity index (χ0v) is 16.0. The van der Waals surface area contributed by atoms with Crippen LogP contribution in [0.25, 0.3) is 0 Å². The molecule has 2 amide bonds. The second-order valence-corrected chi connectivity index (χ2v) is 7.00. The number of carbonyl (C=O) groups excluding carboxylic acids is 2. The van der Waals surface area contributed by atoms with Crippen LogP contribution in [0.3, 0.4) is 0 Å². The van der Waals surface area contributed by atoms with E-state index in [0.29, 0.717) is 43.3 Å². The van der Waals surface area contributed by atoms with E-state index in [2.05, 4.69) is 0 Å². The van der Waals surface area contributed by atoms with E-state index in [9.17, 15) is 9.59 Å². The van der Waals surface area contributed by atoms with Gasteiger partial charge in [-0.3, -0.25) is 9.59 Å². The number of amides is 2. The molecule has 7 heteroatoms. The number of hydrogen-bond donors (Lipinski definition) is 0. The molecule has 146 valence electrons. The van der Waals surface area contributed by atoms with E-state index in [-0.39, 0.29) is 30.4 Å². The number of ether oxygens (including phenoxy) is 1. The zero-order valence-electron chi connectivity index (χ0n) is 16.0. The first-order valence-electron chi connectivity index (χ1n) is 9.23. The van der Waals surface area contributed by atoms with Gasteiger partial charge in [0.25, 0.3) is 5.91 Å². The number of aryl methyl sites for hydroxylation is 1. The third-order valence-corrected chi connectivity index (χ3v) is 4.67. The predicted molar refractivity (Wildman–Crippen MR) is 98.1 cm³/mol. The Kier molecular flexibility index (Phi) is 6.01. The van der Waals surface area contributed by atoms with Gasteiger partial charge in [-0.25, -0.2) is 0 Å². The Labute approximate surface area is 158 Å². The molecular weight excluding hydrogens is 348 g/mol. The van der Waals surface area contributed by atoms with E-state index in [1.165, 1.54) is 6.26 Å². The van der Waals surface area contributed by atoms with Crippen LogP contribution in [-0.4, -0.2) is 53.5 Å². The molecule has 0 spiro atoms. The van der Waals surface area contributed by atoms with Crippen LogP contribution in [0.4, 0.5) is 0 Å². The van der Waals surface area contributed by atoms with Crippen LogP contribution in [0.1, 0.15) is 42.1 Å². The minimum absolute atomic E-state index is 0.0205. The van der Waals surface area contributed by atoms with Crippen molar-refractivity contribution in [1.82, 2.24) is 9.80 Å². The lowest BCUT2D eigenvalue weighted by Crippen LogP contribution is -2.49. The summed E-state index contributed by atoms with van der Waals surface area (Å²) in [5.41, 5.74) is 0.502. The van der Waals surface area contributed by atoms with Crippen LogP contribution in [0.15, 0.2) is 39.6 Å². The van der Waals surface area contributed by atoms with Crippen LogP contribution in [-0.2, 0) is 16.1 Å². The molecule has 0 radical (unpaired) electrons. The molecule has 0 bridgehead atoms. The normalized spacial score (nSPS) is 19.9. The van der Waals surface area contributed by atoms with Gasteiger partial charge in [-0.05, 0) is 39.0 Å². The third kappa shape index (κ3) is 4.80. The standard InChI is InChI=1S/C20H26N2O5/c1-14-11-22(12-15(2)27-14)19(23)6-8-21(13-17-5-4-9-26-17)20(24)18-7-10-25-16(18)3/h4-5,7,9-10,14-15H,6,8,11-13H2,1-3H3/t14-,15-/m1/s1. The SMILES string of the molecule is Cc1occc1C(=O)N(CCC(=O)N1C[C@@H](C)O[C@H](C)C1)Cc1ccco1. The summed E-state index contributed by atoms with van der Waals surface area (Å²) in [4.78, 5) is 29.0. The second-order valence-electron chi connectivity index (χ2n) is 7.00. The Morgan fingerprint density at radius 2 is 1.89 bits per heavy atom. The van der Waals surface area contributed by atoms with Crippen LogP contribution in [0.5, 0.6) is 0 Å². The molecule has 0 saturated carbocycles. The Bertz CT molecular complexity index is 757. The maximum absolute atomic E-state index is 12.9. The van der Waals surface area contributed by atoms with Crippen LogP contribution < -0.4 is 0 Å². The number of hydrogen-bond acceptors (Lipinski definition) is 5. The van der Waals surface area contributed by atoms with Gasteiger partial charge < -0.3 is 23.4 Å². The summed E-state index contributed by atoms with van der Waals surface area (Å²) in [6.07, 6.45) is 3.36. The van der Waals surface area contributed by atoms with Crippen LogP contribution in [0.2, 0.25) is 0 Å². The zero-order chi connectivity index (χ0) is 19.4. The summed E-state index contributed by atoms with van der Waals surface area (Å²) < 4.78 is 16.3. The number of carbonyl (C=O) groups is 2. The first-order valence-corrected chi connectivity index (χ1v) is 9.23. The van der Waals surface area contributed by atoms with Gasteiger partial charge in [-0.15, -0.1) is 0 Å². The Balaban J connectivity index is 1.67. The minimum atomic E-state index is -0.172. The van der Waals surface area contributed by atoms with Crippen molar-refractivity contribution in [3.05, 3.63) is 47.8 Å². The monoisotopic (exact) mass is 374 g/mol. The summed E-state index contributed by atoms with van der Waals surface area (Å²) in [5.74, 6) is 1.09. The fourth-order valence-electron chi connectivity index (χ4n) is 3.39. The van der Waals surface area contributed by atoms with Gasteiger partial charge in [0.1, 0.15) is 11.5 Å². The fraction of sp³-hybridized carbons (Fsp3) is 0.500. The molecule has 0 aliphatic carbocycles. The van der Waals surface area contributed by atoms with Crippen molar-refractivity contribution < 1.29 is 23.2 Å². The highest BCUT2D eigenvalue weighted by atomic mass is 16.5. The predicted octanol–water partition coefficient (Wildman–Crippen LogP) is 2.85. The molecule has 2 aromatic rings. The molecular formula is C20H26N2O5. The highest BCUT2D eigenvalue weighted by Crippen LogP contribution is 2.17. The number of nitrogens with zero attached hydrogens (tertiary/aromatic N) is 2. The summed E-state index contributed by atoms with van der Waals surface area (Å²) >= 11 is 0. The first kappa shape index (κ1) is 19.2. The molecule has 2 aromatic heterocycles. The Hall–Kier alpha value is -2.54. The number of rotatable bonds is 6. The molecule has 7 nitrogen and oxygen atoms in total. The van der Waals surface area contributed by atoms with Gasteiger partial charge in [0.05, 0.1) is 36.8 Å². The van der Waals surface area contributed by atoms with E-state index < -0.39 is 0 Å². The molecule has 1 fully saturated rings. The summed E-state index contributed by atoms with van der Waals surface area (Å²) in [5, 5.41) is 0. The van der Waals surface area contributed by atoms with Crippen molar-refractivity contribution in [3.8, 4) is 0 Å². The third-order valence-electron chi connectivity index (χ3n) is 4.67. The van der Waals surface area contributed by atoms with E-state index in [1.807, 2.05) is 24.8 Å². The molecule has 1 aliphatic heterocycles. The van der Waals surface area contributed by atoms with Crippen LogP contribution >= 0.6 is 0 Å². The number of morpholine rings is 1. The smallest absolute Gasteiger partial charge is 0.257 e. The molecule has 0 aromatic carbocycles. The maximum Gasteiger partial charge on any atom is 0.257 e. The fourth-order valence-corrected chi connectivity index (χ4v) is 3.39. The lowest BCUT2D eigenvalue weighted by molar-refractivity contribution is -0.143. The molecule has 0 N–H and O–H groups in total. The van der Waals surface area contributed by atoms with E-state index in [1.54, 1.807) is 30.2 Å². The Morgan fingerprint density at radius 1 is 1.15 bits per heavy atom. The lowest BCUT2D eigenvalue weighted by Gasteiger charge is -2.35. The van der Waals surface area contributed by atoms with Gasteiger partial charge >= 0.3 is 0 Å². The highest BCUT2D eigenvalue weighted by Gasteiger charge is 2.27. The van der Waals surface area contributed by atoms with Gasteiger partial charge in [0.2, 0.25) is 5.91 Å². The van der Waals surface area contributed by atoms with Crippen molar-refractivity contribution in [1.29, 1.82) is 0 Å². The van der Waals surface area contributed by atoms with Crippen LogP contribution in [0, 0.1) is 6.92 Å². The quantitative estimate of drug-likeness (QED) is 0.777. The van der Waals surface area contributed by atoms with Gasteiger partial charge in [0.15, 0.2) is 0 Å². The molecule has 1 aliphatic rings. The topological polar surface area (TPSA) is 76.1 Å². The van der Waals surface area contributed by atoms with Crippen molar-refractivity contribution in [2.75, 3.05) is 19.6 Å². The molecule has 27 heavy (non-hydrogen) atoms. The number of furan rings is 2. The molecule has 2 atom stereocenters. The van der Waals surface area contributed by atoms with Crippen molar-refractivity contribution in [3.63, 3.8) is 0 Å². The largest absolute Gasteiger partial charge is 0.469 e. The molecule has 3 rings (SSSR count). The minimum Gasteiger partial charge on any atom is -0.469 e. The first-order chi connectivity index (χ1) is 12.9. The average Bonchev–Trinajstić information content (AvgIpc) is 3.28. The maximum atomic E-state index is 12.9. The summed E-state index contributed by atoms with van der Waals surface area (Å²) in [6.45, 7) is 7.45. The molecule has 1 saturated heterocycles. The molecule has 0 unspecified atom stereocenters. The second kappa shape index (κ2) is 8.43. The van der Waals surface area contributed by atoms with E-state index in [4.69, 9.17) is 13.6 Å². The Morgan fingerprint density at radius 3 is 2.48 bits per heavy atom. The summed E-state index contributed by atoms with van der Waals surface area (Å²) in [7, 11) is 0.